The maximum atomic E-state index is 5.40. The molecule has 2 fully saturated rings. The molecule has 2 heterocycles. The van der Waals surface area contributed by atoms with Crippen molar-refractivity contribution >= 4 is 0 Å². The molecule has 4 nitrogen and oxygen atoms in total. The molecule has 4 heteroatoms. The molecule has 1 aliphatic carbocycles. The van der Waals surface area contributed by atoms with Crippen LogP contribution in [-0.4, -0.2) is 16.7 Å². The second-order valence-corrected chi connectivity index (χ2v) is 6.43. The van der Waals surface area contributed by atoms with Gasteiger partial charge in [0.1, 0.15) is 0 Å². The van der Waals surface area contributed by atoms with E-state index in [0.717, 1.165) is 30.5 Å². The first-order chi connectivity index (χ1) is 11.4. The summed E-state index contributed by atoms with van der Waals surface area (Å²) in [6.07, 6.45) is 7.40. The first-order valence-corrected chi connectivity index (χ1v) is 8.57. The fourth-order valence-electron chi connectivity index (χ4n) is 3.35. The second kappa shape index (κ2) is 6.55. The van der Waals surface area contributed by atoms with E-state index in [2.05, 4.69) is 27.3 Å². The van der Waals surface area contributed by atoms with Crippen LogP contribution in [-0.2, 0) is 0 Å². The molecule has 1 saturated heterocycles. The molecule has 0 amide bonds. The minimum absolute atomic E-state index is 0.216. The van der Waals surface area contributed by atoms with E-state index < -0.39 is 0 Å². The smallest absolute Gasteiger partial charge is 0.244 e. The van der Waals surface area contributed by atoms with Crippen LogP contribution in [0, 0.1) is 17.8 Å². The molecule has 23 heavy (non-hydrogen) atoms. The van der Waals surface area contributed by atoms with Gasteiger partial charge in [0, 0.05) is 17.0 Å². The first-order valence-electron chi connectivity index (χ1n) is 8.57. The van der Waals surface area contributed by atoms with Gasteiger partial charge in [-0.15, -0.1) is 0 Å². The molecule has 4 rings (SSSR count). The van der Waals surface area contributed by atoms with E-state index in [1.165, 1.54) is 25.7 Å². The number of hydrogen-bond acceptors (Lipinski definition) is 4. The van der Waals surface area contributed by atoms with Crippen molar-refractivity contribution in [2.45, 2.75) is 44.6 Å². The van der Waals surface area contributed by atoms with Gasteiger partial charge in [0.15, 0.2) is 0 Å². The average Bonchev–Trinajstić information content (AvgIpc) is 3.35. The molecule has 1 N–H and O–H groups in total. The van der Waals surface area contributed by atoms with E-state index in [1.807, 2.05) is 24.3 Å². The van der Waals surface area contributed by atoms with Crippen molar-refractivity contribution in [3.63, 3.8) is 0 Å². The molecule has 1 aromatic heterocycles. The van der Waals surface area contributed by atoms with Gasteiger partial charge in [0.05, 0.1) is 6.04 Å². The quantitative estimate of drug-likeness (QED) is 0.860. The van der Waals surface area contributed by atoms with Gasteiger partial charge in [-0.3, -0.25) is 0 Å². The van der Waals surface area contributed by atoms with Crippen LogP contribution >= 0.6 is 0 Å². The zero-order valence-electron chi connectivity index (χ0n) is 13.2. The summed E-state index contributed by atoms with van der Waals surface area (Å²) in [6, 6.07) is 8.35. The van der Waals surface area contributed by atoms with Gasteiger partial charge in [-0.05, 0) is 56.5 Å². The lowest BCUT2D eigenvalue weighted by molar-refractivity contribution is 0.345. The monoisotopic (exact) mass is 307 g/mol. The van der Waals surface area contributed by atoms with Gasteiger partial charge in [0.2, 0.25) is 11.7 Å². The molecule has 1 aromatic carbocycles. The fourth-order valence-corrected chi connectivity index (χ4v) is 3.35. The lowest BCUT2D eigenvalue weighted by atomic mass is 10.1. The third-order valence-electron chi connectivity index (χ3n) is 4.72. The molecule has 1 saturated carbocycles. The maximum absolute atomic E-state index is 5.40. The normalized spacial score (nSPS) is 21.3. The number of rotatable bonds is 2. The highest BCUT2D eigenvalue weighted by molar-refractivity contribution is 5.56. The van der Waals surface area contributed by atoms with Crippen molar-refractivity contribution in [2.75, 3.05) is 6.54 Å². The summed E-state index contributed by atoms with van der Waals surface area (Å²) in [6.45, 7) is 1.02. The predicted molar refractivity (Wildman–Crippen MR) is 88.5 cm³/mol. The van der Waals surface area contributed by atoms with E-state index in [0.29, 0.717) is 17.6 Å². The molecule has 0 spiro atoms. The SMILES string of the molecule is C(#CC1CCCC1)c1ccc(-c2noc(C3CCCN3)n2)cc1. The Balaban J connectivity index is 1.47. The van der Waals surface area contributed by atoms with Crippen LogP contribution in [0.5, 0.6) is 0 Å². The van der Waals surface area contributed by atoms with Crippen LogP contribution in [0.2, 0.25) is 0 Å². The minimum atomic E-state index is 0.216. The zero-order chi connectivity index (χ0) is 15.5. The highest BCUT2D eigenvalue weighted by Crippen LogP contribution is 2.25. The second-order valence-electron chi connectivity index (χ2n) is 6.43. The van der Waals surface area contributed by atoms with Crippen molar-refractivity contribution in [1.29, 1.82) is 0 Å². The van der Waals surface area contributed by atoms with Gasteiger partial charge in [0.25, 0.3) is 0 Å². The topological polar surface area (TPSA) is 51.0 Å². The van der Waals surface area contributed by atoms with Crippen LogP contribution < -0.4 is 5.32 Å². The molecule has 1 atom stereocenters. The summed E-state index contributed by atoms with van der Waals surface area (Å²) in [4.78, 5) is 4.52. The highest BCUT2D eigenvalue weighted by Gasteiger charge is 2.22. The number of hydrogen-bond donors (Lipinski definition) is 1. The van der Waals surface area contributed by atoms with Crippen molar-refractivity contribution < 1.29 is 4.52 Å². The standard InChI is InChI=1S/C19H21N3O/c1-2-5-14(4-1)7-8-15-9-11-16(12-10-15)18-21-19(23-22-18)17-6-3-13-20-17/h9-12,14,17,20H,1-6,13H2. The largest absolute Gasteiger partial charge is 0.337 e. The number of benzene rings is 1. The Morgan fingerprint density at radius 2 is 1.87 bits per heavy atom. The van der Waals surface area contributed by atoms with Crippen molar-refractivity contribution in [3.8, 4) is 23.2 Å². The lowest BCUT2D eigenvalue weighted by Gasteiger charge is -2.01. The lowest BCUT2D eigenvalue weighted by Crippen LogP contribution is -2.12. The van der Waals surface area contributed by atoms with E-state index in [4.69, 9.17) is 4.52 Å². The summed E-state index contributed by atoms with van der Waals surface area (Å²) in [5.74, 6) is 8.63. The molecule has 1 aliphatic heterocycles. The van der Waals surface area contributed by atoms with Crippen molar-refractivity contribution in [2.24, 2.45) is 5.92 Å². The van der Waals surface area contributed by atoms with Gasteiger partial charge in [-0.1, -0.05) is 29.8 Å². The van der Waals surface area contributed by atoms with E-state index >= 15 is 0 Å². The van der Waals surface area contributed by atoms with Crippen LogP contribution in [0.4, 0.5) is 0 Å². The minimum Gasteiger partial charge on any atom is -0.337 e. The fraction of sp³-hybridized carbons (Fsp3) is 0.474. The summed E-state index contributed by atoms with van der Waals surface area (Å²) in [5.41, 5.74) is 2.03. The summed E-state index contributed by atoms with van der Waals surface area (Å²) in [7, 11) is 0. The van der Waals surface area contributed by atoms with Crippen LogP contribution in [0.3, 0.4) is 0 Å². The van der Waals surface area contributed by atoms with Gasteiger partial charge in [-0.25, -0.2) is 0 Å². The molecule has 2 aromatic rings. The molecule has 2 aliphatic rings. The molecule has 0 bridgehead atoms. The van der Waals surface area contributed by atoms with Crippen molar-refractivity contribution in [3.05, 3.63) is 35.7 Å². The van der Waals surface area contributed by atoms with Gasteiger partial charge < -0.3 is 9.84 Å². The Morgan fingerprint density at radius 3 is 2.61 bits per heavy atom. The molecule has 0 radical (unpaired) electrons. The highest BCUT2D eigenvalue weighted by atomic mass is 16.5. The van der Waals surface area contributed by atoms with E-state index in [9.17, 15) is 0 Å². The van der Waals surface area contributed by atoms with E-state index in [-0.39, 0.29) is 6.04 Å². The van der Waals surface area contributed by atoms with Gasteiger partial charge >= 0.3 is 0 Å². The maximum Gasteiger partial charge on any atom is 0.244 e. The first kappa shape index (κ1) is 14.5. The Hall–Kier alpha value is -2.12. The summed E-state index contributed by atoms with van der Waals surface area (Å²) in [5, 5.41) is 7.48. The van der Waals surface area contributed by atoms with Gasteiger partial charge in [-0.2, -0.15) is 4.98 Å². The molecular formula is C19H21N3O. The number of nitrogens with zero attached hydrogens (tertiary/aromatic N) is 2. The Kier molecular flexibility index (Phi) is 4.12. The molecule has 1 unspecified atom stereocenters. The van der Waals surface area contributed by atoms with E-state index in [1.54, 1.807) is 0 Å². The molecule has 118 valence electrons. The Morgan fingerprint density at radius 1 is 1.04 bits per heavy atom. The molecular weight excluding hydrogens is 286 g/mol. The summed E-state index contributed by atoms with van der Waals surface area (Å²) >= 11 is 0. The number of aromatic nitrogens is 2. The van der Waals surface area contributed by atoms with Crippen LogP contribution in [0.1, 0.15) is 56.0 Å². The average molecular weight is 307 g/mol. The zero-order valence-corrected chi connectivity index (χ0v) is 13.2. The van der Waals surface area contributed by atoms with Crippen LogP contribution in [0.15, 0.2) is 28.8 Å². The third-order valence-corrected chi connectivity index (χ3v) is 4.72. The van der Waals surface area contributed by atoms with Crippen molar-refractivity contribution in [1.82, 2.24) is 15.5 Å². The third kappa shape index (κ3) is 3.30. The predicted octanol–water partition coefficient (Wildman–Crippen LogP) is 3.70. The van der Waals surface area contributed by atoms with Crippen LogP contribution in [0.25, 0.3) is 11.4 Å². The Labute approximate surface area is 136 Å². The summed E-state index contributed by atoms with van der Waals surface area (Å²) < 4.78 is 5.40. The Bertz CT molecular complexity index is 711. The number of nitrogens with one attached hydrogen (secondary N) is 1.